The van der Waals surface area contributed by atoms with Gasteiger partial charge in [0.1, 0.15) is 11.4 Å². The van der Waals surface area contributed by atoms with Crippen molar-refractivity contribution in [1.29, 1.82) is 0 Å². The third-order valence-electron chi connectivity index (χ3n) is 7.90. The molecule has 2 amide bonds. The summed E-state index contributed by atoms with van der Waals surface area (Å²) in [5.74, 6) is 0.623. The molecule has 0 radical (unpaired) electrons. The van der Waals surface area contributed by atoms with Gasteiger partial charge in [-0.25, -0.2) is 4.39 Å². The van der Waals surface area contributed by atoms with E-state index in [0.29, 0.717) is 24.6 Å². The number of carbonyl (C=O) groups is 2. The summed E-state index contributed by atoms with van der Waals surface area (Å²) in [6.07, 6.45) is 6.22. The van der Waals surface area contributed by atoms with Crippen LogP contribution in [0.5, 0.6) is 5.75 Å². The van der Waals surface area contributed by atoms with E-state index >= 15 is 0 Å². The molecule has 3 aliphatic rings. The Morgan fingerprint density at radius 2 is 1.78 bits per heavy atom. The molecule has 2 aliphatic heterocycles. The van der Waals surface area contributed by atoms with Crippen molar-refractivity contribution in [3.63, 3.8) is 0 Å². The van der Waals surface area contributed by atoms with Gasteiger partial charge in [-0.3, -0.25) is 14.9 Å². The maximum Gasteiger partial charge on any atom is 0.258 e. The van der Waals surface area contributed by atoms with Crippen molar-refractivity contribution >= 4 is 11.8 Å². The van der Waals surface area contributed by atoms with E-state index in [2.05, 4.69) is 15.5 Å². The first-order valence-electron chi connectivity index (χ1n) is 13.3. The topological polar surface area (TPSA) is 70.7 Å². The molecule has 3 fully saturated rings. The van der Waals surface area contributed by atoms with Crippen molar-refractivity contribution in [1.82, 2.24) is 15.5 Å². The Morgan fingerprint density at radius 1 is 1.03 bits per heavy atom. The smallest absolute Gasteiger partial charge is 0.258 e. The summed E-state index contributed by atoms with van der Waals surface area (Å²) < 4.78 is 20.5. The standard InChI is InChI=1S/C29H36FN3O3/c30-29(14-4-15-29)20-33-17-12-21(13-18-33)19-36-23-10-8-22(9-11-23)24-5-1-2-6-25(24)27(34)32-28(35)26-7-3-16-31-26/h1-2,5-6,8-11,21,26,31H,3-4,7,12-20H2,(H,32,34,35)/t26-/m0/s1. The van der Waals surface area contributed by atoms with Crippen LogP contribution in [-0.4, -0.2) is 61.2 Å². The van der Waals surface area contributed by atoms with E-state index in [4.69, 9.17) is 4.74 Å². The van der Waals surface area contributed by atoms with Gasteiger partial charge in [-0.15, -0.1) is 0 Å². The lowest BCUT2D eigenvalue weighted by Gasteiger charge is -2.41. The molecule has 36 heavy (non-hydrogen) atoms. The SMILES string of the molecule is O=C(NC(=O)[C@@H]1CCCN1)c1ccccc1-c1ccc(OCC2CCN(CC3(F)CCC3)CC2)cc1. The number of halogens is 1. The molecule has 2 aromatic rings. The zero-order valence-electron chi connectivity index (χ0n) is 20.8. The second-order valence-electron chi connectivity index (χ2n) is 10.6. The first-order valence-corrected chi connectivity index (χ1v) is 13.3. The molecule has 1 atom stereocenters. The molecule has 192 valence electrons. The van der Waals surface area contributed by atoms with Gasteiger partial charge >= 0.3 is 0 Å². The van der Waals surface area contributed by atoms with Crippen LogP contribution in [0.25, 0.3) is 11.1 Å². The lowest BCUT2D eigenvalue weighted by Crippen LogP contribution is -2.47. The van der Waals surface area contributed by atoms with Crippen molar-refractivity contribution in [2.24, 2.45) is 5.92 Å². The molecule has 0 spiro atoms. The molecule has 1 saturated carbocycles. The minimum atomic E-state index is -0.937. The van der Waals surface area contributed by atoms with Gasteiger partial charge in [-0.2, -0.15) is 0 Å². The molecule has 0 bridgehead atoms. The number of hydrogen-bond acceptors (Lipinski definition) is 5. The fraction of sp³-hybridized carbons (Fsp3) is 0.517. The molecule has 2 heterocycles. The van der Waals surface area contributed by atoms with Crippen LogP contribution >= 0.6 is 0 Å². The van der Waals surface area contributed by atoms with Crippen LogP contribution in [0, 0.1) is 5.92 Å². The first-order chi connectivity index (χ1) is 17.5. The number of nitrogens with zero attached hydrogens (tertiary/aromatic N) is 1. The van der Waals surface area contributed by atoms with Gasteiger partial charge in [-0.05, 0) is 99.8 Å². The van der Waals surface area contributed by atoms with Crippen LogP contribution in [-0.2, 0) is 4.79 Å². The number of hydrogen-bond donors (Lipinski definition) is 2. The zero-order valence-corrected chi connectivity index (χ0v) is 20.8. The summed E-state index contributed by atoms with van der Waals surface area (Å²) in [5.41, 5.74) is 1.20. The van der Waals surface area contributed by atoms with E-state index in [-0.39, 0.29) is 17.9 Å². The predicted octanol–water partition coefficient (Wildman–Crippen LogP) is 4.35. The minimum absolute atomic E-state index is 0.269. The van der Waals surface area contributed by atoms with E-state index in [1.54, 1.807) is 12.1 Å². The summed E-state index contributed by atoms with van der Waals surface area (Å²) in [6, 6.07) is 14.8. The summed E-state index contributed by atoms with van der Waals surface area (Å²) in [6.45, 7) is 3.93. The highest BCUT2D eigenvalue weighted by molar-refractivity contribution is 6.09. The fourth-order valence-corrected chi connectivity index (χ4v) is 5.48. The summed E-state index contributed by atoms with van der Waals surface area (Å²) in [4.78, 5) is 27.5. The van der Waals surface area contributed by atoms with Crippen LogP contribution in [0.4, 0.5) is 4.39 Å². The Kier molecular flexibility index (Phi) is 7.67. The number of benzene rings is 2. The fourth-order valence-electron chi connectivity index (χ4n) is 5.48. The highest BCUT2D eigenvalue weighted by Crippen LogP contribution is 2.37. The Balaban J connectivity index is 1.13. The third-order valence-corrected chi connectivity index (χ3v) is 7.90. The number of carbonyl (C=O) groups excluding carboxylic acids is 2. The average Bonchev–Trinajstić information content (AvgIpc) is 3.43. The van der Waals surface area contributed by atoms with E-state index in [0.717, 1.165) is 81.5 Å². The van der Waals surface area contributed by atoms with Crippen molar-refractivity contribution in [2.75, 3.05) is 32.8 Å². The number of amides is 2. The Bertz CT molecular complexity index is 1060. The van der Waals surface area contributed by atoms with Gasteiger partial charge in [0.15, 0.2) is 0 Å². The van der Waals surface area contributed by atoms with Gasteiger partial charge in [0.25, 0.3) is 5.91 Å². The molecule has 0 aromatic heterocycles. The van der Waals surface area contributed by atoms with Crippen LogP contribution in [0.15, 0.2) is 48.5 Å². The molecule has 5 rings (SSSR count). The molecule has 6 nitrogen and oxygen atoms in total. The van der Waals surface area contributed by atoms with Gasteiger partial charge in [-0.1, -0.05) is 30.3 Å². The number of piperidine rings is 1. The van der Waals surface area contributed by atoms with Gasteiger partial charge < -0.3 is 15.0 Å². The number of rotatable bonds is 8. The van der Waals surface area contributed by atoms with Gasteiger partial charge in [0.2, 0.25) is 5.91 Å². The number of imide groups is 1. The van der Waals surface area contributed by atoms with Gasteiger partial charge in [0.05, 0.1) is 12.6 Å². The second-order valence-corrected chi connectivity index (χ2v) is 10.6. The normalized spacial score (nSPS) is 22.1. The lowest BCUT2D eigenvalue weighted by molar-refractivity contribution is -0.121. The maximum absolute atomic E-state index is 14.4. The number of likely N-dealkylation sites (tertiary alicyclic amines) is 1. The molecular formula is C29H36FN3O3. The maximum atomic E-state index is 14.4. The van der Waals surface area contributed by atoms with Crippen molar-refractivity contribution in [3.8, 4) is 16.9 Å². The van der Waals surface area contributed by atoms with E-state index in [9.17, 15) is 14.0 Å². The van der Waals surface area contributed by atoms with Gasteiger partial charge in [0, 0.05) is 12.1 Å². The van der Waals surface area contributed by atoms with Crippen molar-refractivity contribution in [3.05, 3.63) is 54.1 Å². The lowest BCUT2D eigenvalue weighted by atomic mass is 9.81. The third kappa shape index (κ3) is 5.95. The molecule has 2 N–H and O–H groups in total. The molecule has 2 aromatic carbocycles. The average molecular weight is 494 g/mol. The first kappa shape index (κ1) is 24.9. The highest BCUT2D eigenvalue weighted by atomic mass is 19.1. The summed E-state index contributed by atoms with van der Waals surface area (Å²) >= 11 is 0. The number of ether oxygens (including phenoxy) is 1. The van der Waals surface area contributed by atoms with E-state index < -0.39 is 5.67 Å². The Morgan fingerprint density at radius 3 is 2.44 bits per heavy atom. The van der Waals surface area contributed by atoms with E-state index in [1.807, 2.05) is 36.4 Å². The number of alkyl halides is 1. The molecule has 1 aliphatic carbocycles. The Hall–Kier alpha value is -2.77. The van der Waals surface area contributed by atoms with Crippen LogP contribution in [0.2, 0.25) is 0 Å². The number of nitrogens with one attached hydrogen (secondary N) is 2. The molecule has 2 saturated heterocycles. The van der Waals surface area contributed by atoms with Crippen LogP contribution in [0.3, 0.4) is 0 Å². The molecule has 0 unspecified atom stereocenters. The van der Waals surface area contributed by atoms with Crippen molar-refractivity contribution in [2.45, 2.75) is 56.7 Å². The summed E-state index contributed by atoms with van der Waals surface area (Å²) in [7, 11) is 0. The summed E-state index contributed by atoms with van der Waals surface area (Å²) in [5, 5.41) is 5.67. The molecule has 7 heteroatoms. The van der Waals surface area contributed by atoms with E-state index in [1.165, 1.54) is 0 Å². The zero-order chi connectivity index (χ0) is 25.0. The predicted molar refractivity (Wildman–Crippen MR) is 138 cm³/mol. The van der Waals surface area contributed by atoms with Crippen LogP contribution < -0.4 is 15.4 Å². The quantitative estimate of drug-likeness (QED) is 0.536. The van der Waals surface area contributed by atoms with Crippen molar-refractivity contribution < 1.29 is 18.7 Å². The second kappa shape index (κ2) is 11.1. The largest absolute Gasteiger partial charge is 0.493 e. The monoisotopic (exact) mass is 493 g/mol. The van der Waals surface area contributed by atoms with Crippen LogP contribution in [0.1, 0.15) is 55.3 Å². The highest BCUT2D eigenvalue weighted by Gasteiger charge is 2.39. The minimum Gasteiger partial charge on any atom is -0.493 e. The molecular weight excluding hydrogens is 457 g/mol. The Labute approximate surface area is 212 Å².